The van der Waals surface area contributed by atoms with E-state index in [2.05, 4.69) is 15.6 Å². The van der Waals surface area contributed by atoms with E-state index in [1.165, 1.54) is 0 Å². The van der Waals surface area contributed by atoms with Crippen molar-refractivity contribution in [3.05, 3.63) is 89.2 Å². The molecule has 0 saturated heterocycles. The van der Waals surface area contributed by atoms with Gasteiger partial charge in [0.05, 0.1) is 18.7 Å². The van der Waals surface area contributed by atoms with Crippen LogP contribution in [0.25, 0.3) is 11.1 Å². The Labute approximate surface area is 197 Å². The number of amides is 2. The number of hydrogen-bond donors (Lipinski definition) is 3. The third-order valence-corrected chi connectivity index (χ3v) is 5.72. The molecule has 0 fully saturated rings. The highest BCUT2D eigenvalue weighted by molar-refractivity contribution is 5.89. The molecule has 2 aromatic carbocycles. The summed E-state index contributed by atoms with van der Waals surface area (Å²) >= 11 is 0. The summed E-state index contributed by atoms with van der Waals surface area (Å²) in [5, 5.41) is 14.2. The number of carbonyl (C=O) groups is 3. The summed E-state index contributed by atoms with van der Waals surface area (Å²) in [6.07, 6.45) is -1.42. The first-order valence-electron chi connectivity index (χ1n) is 11.0. The minimum Gasteiger partial charge on any atom is -0.481 e. The third kappa shape index (κ3) is 5.23. The number of hydrogen-bond acceptors (Lipinski definition) is 5. The highest BCUT2D eigenvalue weighted by atomic mass is 16.5. The van der Waals surface area contributed by atoms with E-state index in [-0.39, 0.29) is 19.1 Å². The van der Waals surface area contributed by atoms with Crippen LogP contribution >= 0.6 is 0 Å². The largest absolute Gasteiger partial charge is 0.481 e. The van der Waals surface area contributed by atoms with E-state index in [1.54, 1.807) is 6.07 Å². The second kappa shape index (κ2) is 10.2. The van der Waals surface area contributed by atoms with E-state index in [4.69, 9.17) is 4.74 Å². The molecule has 8 nitrogen and oxygen atoms in total. The Morgan fingerprint density at radius 1 is 0.971 bits per heavy atom. The van der Waals surface area contributed by atoms with Gasteiger partial charge in [-0.15, -0.1) is 0 Å². The van der Waals surface area contributed by atoms with Gasteiger partial charge in [0.2, 0.25) is 5.91 Å². The lowest BCUT2D eigenvalue weighted by Crippen LogP contribution is -2.48. The number of rotatable bonds is 8. The number of fused-ring (bicyclic) bond motifs is 3. The van der Waals surface area contributed by atoms with E-state index in [1.807, 2.05) is 67.6 Å². The molecule has 0 bridgehead atoms. The fraction of sp³-hybridized carbons (Fsp3) is 0.231. The summed E-state index contributed by atoms with van der Waals surface area (Å²) in [4.78, 5) is 40.7. The first-order chi connectivity index (χ1) is 16.4. The Hall–Kier alpha value is -4.20. The second-order valence-corrected chi connectivity index (χ2v) is 8.11. The number of aryl methyl sites for hydroxylation is 1. The molecular formula is C26H25N3O5. The maximum absolute atomic E-state index is 12.6. The number of ether oxygens (including phenoxy) is 1. The van der Waals surface area contributed by atoms with Gasteiger partial charge in [-0.25, -0.2) is 4.79 Å². The monoisotopic (exact) mass is 459 g/mol. The normalized spacial score (nSPS) is 12.9. The molecule has 0 saturated carbocycles. The van der Waals surface area contributed by atoms with E-state index in [0.29, 0.717) is 5.69 Å². The molecule has 8 heteroatoms. The summed E-state index contributed by atoms with van der Waals surface area (Å²) < 4.78 is 5.45. The number of aromatic nitrogens is 1. The molecule has 1 atom stereocenters. The molecule has 4 rings (SSSR count). The lowest BCUT2D eigenvalue weighted by molar-refractivity contribution is -0.139. The number of nitrogens with one attached hydrogen (secondary N) is 2. The summed E-state index contributed by atoms with van der Waals surface area (Å²) in [5.74, 6) is -1.98. The number of alkyl carbamates (subject to hydrolysis) is 1. The number of carboxylic acid groups (broad SMARTS) is 1. The van der Waals surface area contributed by atoms with Crippen molar-refractivity contribution >= 4 is 18.0 Å². The molecule has 0 aliphatic heterocycles. The molecule has 3 aromatic rings. The van der Waals surface area contributed by atoms with Gasteiger partial charge in [-0.3, -0.25) is 14.6 Å². The maximum Gasteiger partial charge on any atom is 0.407 e. The minimum atomic E-state index is -1.28. The Kier molecular flexibility index (Phi) is 6.87. The summed E-state index contributed by atoms with van der Waals surface area (Å²) in [5.41, 5.74) is 5.73. The smallest absolute Gasteiger partial charge is 0.407 e. The van der Waals surface area contributed by atoms with Crippen molar-refractivity contribution in [1.82, 2.24) is 15.6 Å². The Morgan fingerprint density at radius 3 is 2.24 bits per heavy atom. The van der Waals surface area contributed by atoms with Crippen LogP contribution in [0.5, 0.6) is 0 Å². The molecule has 174 valence electrons. The third-order valence-electron chi connectivity index (χ3n) is 5.72. The van der Waals surface area contributed by atoms with Crippen molar-refractivity contribution in [3.8, 4) is 11.1 Å². The van der Waals surface area contributed by atoms with Crippen LogP contribution in [0.4, 0.5) is 4.79 Å². The molecule has 34 heavy (non-hydrogen) atoms. The summed E-state index contributed by atoms with van der Waals surface area (Å²) in [7, 11) is 0. The summed E-state index contributed by atoms with van der Waals surface area (Å²) in [6, 6.07) is 20.0. The van der Waals surface area contributed by atoms with Gasteiger partial charge in [-0.05, 0) is 41.3 Å². The SMILES string of the molecule is Cc1cccc(CNC(=O)C(CC(=O)O)NC(=O)OCC2c3ccccc3-c3ccccc32)n1. The summed E-state index contributed by atoms with van der Waals surface area (Å²) in [6.45, 7) is 2.01. The minimum absolute atomic E-state index is 0.0640. The van der Waals surface area contributed by atoms with E-state index in [0.717, 1.165) is 27.9 Å². The molecule has 1 unspecified atom stereocenters. The van der Waals surface area contributed by atoms with Crippen molar-refractivity contribution in [1.29, 1.82) is 0 Å². The van der Waals surface area contributed by atoms with Gasteiger partial charge in [-0.1, -0.05) is 54.6 Å². The molecule has 2 amide bonds. The van der Waals surface area contributed by atoms with Crippen LogP contribution in [0.1, 0.15) is 34.9 Å². The average Bonchev–Trinajstić information content (AvgIpc) is 3.14. The van der Waals surface area contributed by atoms with Gasteiger partial charge in [0.25, 0.3) is 0 Å². The highest BCUT2D eigenvalue weighted by Gasteiger charge is 2.30. The van der Waals surface area contributed by atoms with Gasteiger partial charge in [0.1, 0.15) is 12.6 Å². The van der Waals surface area contributed by atoms with Crippen molar-refractivity contribution in [2.75, 3.05) is 6.61 Å². The van der Waals surface area contributed by atoms with Crippen molar-refractivity contribution in [3.63, 3.8) is 0 Å². The zero-order valence-corrected chi connectivity index (χ0v) is 18.7. The lowest BCUT2D eigenvalue weighted by atomic mass is 9.98. The molecular weight excluding hydrogens is 434 g/mol. The number of pyridine rings is 1. The van der Waals surface area contributed by atoms with Gasteiger partial charge in [0, 0.05) is 11.6 Å². The van der Waals surface area contributed by atoms with Crippen LogP contribution in [0, 0.1) is 6.92 Å². The maximum atomic E-state index is 12.6. The predicted molar refractivity (Wildman–Crippen MR) is 125 cm³/mol. The van der Waals surface area contributed by atoms with E-state index < -0.39 is 30.4 Å². The van der Waals surface area contributed by atoms with Gasteiger partial charge in [-0.2, -0.15) is 0 Å². The van der Waals surface area contributed by atoms with E-state index in [9.17, 15) is 19.5 Å². The number of benzene rings is 2. The van der Waals surface area contributed by atoms with Crippen LogP contribution in [0.3, 0.4) is 0 Å². The molecule has 1 aliphatic rings. The number of aliphatic carboxylic acids is 1. The Morgan fingerprint density at radius 2 is 1.62 bits per heavy atom. The fourth-order valence-corrected chi connectivity index (χ4v) is 4.17. The van der Waals surface area contributed by atoms with Gasteiger partial charge < -0.3 is 20.5 Å². The topological polar surface area (TPSA) is 118 Å². The van der Waals surface area contributed by atoms with Crippen LogP contribution in [0.15, 0.2) is 66.7 Å². The van der Waals surface area contributed by atoms with Crippen LogP contribution in [0.2, 0.25) is 0 Å². The molecule has 1 aliphatic carbocycles. The van der Waals surface area contributed by atoms with Crippen molar-refractivity contribution < 1.29 is 24.2 Å². The molecule has 1 heterocycles. The molecule has 1 aromatic heterocycles. The lowest BCUT2D eigenvalue weighted by Gasteiger charge is -2.18. The molecule has 3 N–H and O–H groups in total. The quantitative estimate of drug-likeness (QED) is 0.475. The number of carbonyl (C=O) groups excluding carboxylic acids is 2. The van der Waals surface area contributed by atoms with Crippen molar-refractivity contribution in [2.45, 2.75) is 31.8 Å². The first-order valence-corrected chi connectivity index (χ1v) is 11.0. The van der Waals surface area contributed by atoms with Gasteiger partial charge >= 0.3 is 12.1 Å². The Bertz CT molecular complexity index is 1180. The number of carboxylic acids is 1. The van der Waals surface area contributed by atoms with Gasteiger partial charge in [0.15, 0.2) is 0 Å². The average molecular weight is 460 g/mol. The fourth-order valence-electron chi connectivity index (χ4n) is 4.17. The zero-order valence-electron chi connectivity index (χ0n) is 18.7. The van der Waals surface area contributed by atoms with Crippen LogP contribution in [-0.2, 0) is 20.9 Å². The number of nitrogens with zero attached hydrogens (tertiary/aromatic N) is 1. The molecule has 0 spiro atoms. The second-order valence-electron chi connectivity index (χ2n) is 8.11. The van der Waals surface area contributed by atoms with Crippen molar-refractivity contribution in [2.24, 2.45) is 0 Å². The standard InChI is InChI=1S/C26H25N3O5/c1-16-7-6-8-17(28-16)14-27-25(32)23(13-24(30)31)29-26(33)34-15-22-20-11-4-2-9-18(20)19-10-3-5-12-21(19)22/h2-12,22-23H,13-15H2,1H3,(H,27,32)(H,29,33)(H,30,31). The first kappa shape index (κ1) is 23.0. The van der Waals surface area contributed by atoms with Crippen LogP contribution < -0.4 is 10.6 Å². The van der Waals surface area contributed by atoms with Crippen LogP contribution in [-0.4, -0.2) is 40.7 Å². The molecule has 0 radical (unpaired) electrons. The Balaban J connectivity index is 1.38. The van der Waals surface area contributed by atoms with E-state index >= 15 is 0 Å². The predicted octanol–water partition coefficient (Wildman–Crippen LogP) is 3.39. The zero-order chi connectivity index (χ0) is 24.1. The highest BCUT2D eigenvalue weighted by Crippen LogP contribution is 2.44.